The SMILES string of the molecule is CCNCCCc1cc(C(C)(C)C)ccc1C. The molecule has 1 aromatic rings. The van der Waals surface area contributed by atoms with E-state index in [1.807, 2.05) is 0 Å². The summed E-state index contributed by atoms with van der Waals surface area (Å²) in [6.45, 7) is 13.4. The summed E-state index contributed by atoms with van der Waals surface area (Å²) >= 11 is 0. The molecular formula is C16H27N. The van der Waals surface area contributed by atoms with Crippen molar-refractivity contribution in [1.29, 1.82) is 0 Å². The molecule has 1 N–H and O–H groups in total. The van der Waals surface area contributed by atoms with Crippen molar-refractivity contribution in [1.82, 2.24) is 5.32 Å². The summed E-state index contributed by atoms with van der Waals surface area (Å²) in [5.74, 6) is 0. The van der Waals surface area contributed by atoms with Gasteiger partial charge in [-0.05, 0) is 55.0 Å². The van der Waals surface area contributed by atoms with Crippen LogP contribution in [0.3, 0.4) is 0 Å². The summed E-state index contributed by atoms with van der Waals surface area (Å²) in [6, 6.07) is 6.92. The maximum absolute atomic E-state index is 3.38. The van der Waals surface area contributed by atoms with E-state index in [2.05, 4.69) is 58.1 Å². The lowest BCUT2D eigenvalue weighted by Crippen LogP contribution is -2.15. The Morgan fingerprint density at radius 1 is 1.18 bits per heavy atom. The second kappa shape index (κ2) is 6.20. The van der Waals surface area contributed by atoms with Crippen LogP contribution in [-0.2, 0) is 11.8 Å². The zero-order valence-electron chi connectivity index (χ0n) is 12.1. The van der Waals surface area contributed by atoms with Gasteiger partial charge < -0.3 is 5.32 Å². The van der Waals surface area contributed by atoms with Gasteiger partial charge in [-0.3, -0.25) is 0 Å². The Balaban J connectivity index is 2.70. The minimum absolute atomic E-state index is 0.254. The highest BCUT2D eigenvalue weighted by Gasteiger charge is 2.14. The zero-order valence-corrected chi connectivity index (χ0v) is 12.1. The Morgan fingerprint density at radius 2 is 1.88 bits per heavy atom. The fraction of sp³-hybridized carbons (Fsp3) is 0.625. The van der Waals surface area contributed by atoms with Crippen LogP contribution in [0.1, 0.15) is 50.8 Å². The second-order valence-corrected chi connectivity index (χ2v) is 5.85. The van der Waals surface area contributed by atoms with Crippen molar-refractivity contribution >= 4 is 0 Å². The van der Waals surface area contributed by atoms with Crippen LogP contribution in [-0.4, -0.2) is 13.1 Å². The zero-order chi connectivity index (χ0) is 12.9. The number of rotatable bonds is 5. The molecule has 1 aromatic carbocycles. The van der Waals surface area contributed by atoms with Crippen molar-refractivity contribution in [2.24, 2.45) is 0 Å². The third kappa shape index (κ3) is 4.51. The molecule has 0 bridgehead atoms. The minimum atomic E-state index is 0.254. The molecule has 0 atom stereocenters. The molecule has 0 spiro atoms. The molecule has 0 aliphatic rings. The molecule has 17 heavy (non-hydrogen) atoms. The molecule has 0 fully saturated rings. The van der Waals surface area contributed by atoms with Crippen LogP contribution in [0.5, 0.6) is 0 Å². The van der Waals surface area contributed by atoms with Crippen LogP contribution in [0.25, 0.3) is 0 Å². The first kappa shape index (κ1) is 14.2. The maximum atomic E-state index is 3.38. The molecular weight excluding hydrogens is 206 g/mol. The third-order valence-electron chi connectivity index (χ3n) is 3.26. The summed E-state index contributed by atoms with van der Waals surface area (Å²) in [5.41, 5.74) is 4.63. The molecule has 0 radical (unpaired) electrons. The molecule has 0 amide bonds. The molecule has 0 aliphatic heterocycles. The lowest BCUT2D eigenvalue weighted by Gasteiger charge is -2.21. The molecule has 1 rings (SSSR count). The quantitative estimate of drug-likeness (QED) is 0.762. The van der Waals surface area contributed by atoms with Gasteiger partial charge in [0.1, 0.15) is 0 Å². The lowest BCUT2D eigenvalue weighted by molar-refractivity contribution is 0.588. The molecule has 0 saturated carbocycles. The maximum Gasteiger partial charge on any atom is -0.00459 e. The van der Waals surface area contributed by atoms with Gasteiger partial charge in [0.05, 0.1) is 0 Å². The number of aryl methyl sites for hydroxylation is 2. The van der Waals surface area contributed by atoms with Crippen molar-refractivity contribution < 1.29 is 0 Å². The smallest absolute Gasteiger partial charge is 0.00459 e. The normalized spacial score (nSPS) is 11.8. The Labute approximate surface area is 107 Å². The van der Waals surface area contributed by atoms with Crippen LogP contribution in [0, 0.1) is 6.92 Å². The summed E-state index contributed by atoms with van der Waals surface area (Å²) in [4.78, 5) is 0. The average Bonchev–Trinajstić information content (AvgIpc) is 2.25. The highest BCUT2D eigenvalue weighted by atomic mass is 14.8. The Hall–Kier alpha value is -0.820. The van der Waals surface area contributed by atoms with E-state index in [0.717, 1.165) is 13.1 Å². The molecule has 0 aliphatic carbocycles. The van der Waals surface area contributed by atoms with Gasteiger partial charge in [-0.25, -0.2) is 0 Å². The topological polar surface area (TPSA) is 12.0 Å². The highest BCUT2D eigenvalue weighted by Crippen LogP contribution is 2.24. The van der Waals surface area contributed by atoms with Gasteiger partial charge in [0.2, 0.25) is 0 Å². The lowest BCUT2D eigenvalue weighted by atomic mass is 9.85. The second-order valence-electron chi connectivity index (χ2n) is 5.85. The molecule has 0 heterocycles. The van der Waals surface area contributed by atoms with E-state index in [1.165, 1.54) is 29.5 Å². The van der Waals surface area contributed by atoms with Crippen molar-refractivity contribution in [3.8, 4) is 0 Å². The molecule has 0 saturated heterocycles. The van der Waals surface area contributed by atoms with Gasteiger partial charge in [0, 0.05) is 0 Å². The minimum Gasteiger partial charge on any atom is -0.317 e. The number of hydrogen-bond acceptors (Lipinski definition) is 1. The predicted octanol–water partition coefficient (Wildman–Crippen LogP) is 3.83. The van der Waals surface area contributed by atoms with Gasteiger partial charge in [-0.2, -0.15) is 0 Å². The van der Waals surface area contributed by atoms with E-state index in [1.54, 1.807) is 0 Å². The van der Waals surface area contributed by atoms with Crippen LogP contribution in [0.15, 0.2) is 18.2 Å². The number of hydrogen-bond donors (Lipinski definition) is 1. The molecule has 0 unspecified atom stereocenters. The van der Waals surface area contributed by atoms with Crippen molar-refractivity contribution in [2.45, 2.75) is 52.9 Å². The van der Waals surface area contributed by atoms with Crippen LogP contribution < -0.4 is 5.32 Å². The van der Waals surface area contributed by atoms with Crippen molar-refractivity contribution in [3.05, 3.63) is 34.9 Å². The van der Waals surface area contributed by atoms with Gasteiger partial charge in [0.15, 0.2) is 0 Å². The Kier molecular flexibility index (Phi) is 5.20. The summed E-state index contributed by atoms with van der Waals surface area (Å²) < 4.78 is 0. The standard InChI is InChI=1S/C16H27N/c1-6-17-11-7-8-14-12-15(16(3,4)5)10-9-13(14)2/h9-10,12,17H,6-8,11H2,1-5H3. The first-order valence-corrected chi connectivity index (χ1v) is 6.76. The van der Waals surface area contributed by atoms with Gasteiger partial charge in [0.25, 0.3) is 0 Å². The van der Waals surface area contributed by atoms with Crippen molar-refractivity contribution in [3.63, 3.8) is 0 Å². The largest absolute Gasteiger partial charge is 0.317 e. The first-order valence-electron chi connectivity index (χ1n) is 6.76. The van der Waals surface area contributed by atoms with Gasteiger partial charge >= 0.3 is 0 Å². The molecule has 1 nitrogen and oxygen atoms in total. The predicted molar refractivity (Wildman–Crippen MR) is 76.7 cm³/mol. The van der Waals surface area contributed by atoms with E-state index in [0.29, 0.717) is 0 Å². The van der Waals surface area contributed by atoms with E-state index in [9.17, 15) is 0 Å². The van der Waals surface area contributed by atoms with E-state index < -0.39 is 0 Å². The van der Waals surface area contributed by atoms with Crippen molar-refractivity contribution in [2.75, 3.05) is 13.1 Å². The summed E-state index contributed by atoms with van der Waals surface area (Å²) in [5, 5.41) is 3.38. The summed E-state index contributed by atoms with van der Waals surface area (Å²) in [7, 11) is 0. The number of benzene rings is 1. The average molecular weight is 233 g/mol. The third-order valence-corrected chi connectivity index (χ3v) is 3.26. The molecule has 0 aromatic heterocycles. The summed E-state index contributed by atoms with van der Waals surface area (Å²) in [6.07, 6.45) is 2.41. The van der Waals surface area contributed by atoms with Gasteiger partial charge in [-0.1, -0.05) is 45.9 Å². The Morgan fingerprint density at radius 3 is 2.47 bits per heavy atom. The highest BCUT2D eigenvalue weighted by molar-refractivity contribution is 5.34. The van der Waals surface area contributed by atoms with E-state index in [4.69, 9.17) is 0 Å². The van der Waals surface area contributed by atoms with Crippen LogP contribution in [0.4, 0.5) is 0 Å². The van der Waals surface area contributed by atoms with Gasteiger partial charge in [-0.15, -0.1) is 0 Å². The monoisotopic (exact) mass is 233 g/mol. The number of nitrogens with one attached hydrogen (secondary N) is 1. The molecule has 96 valence electrons. The van der Waals surface area contributed by atoms with E-state index >= 15 is 0 Å². The van der Waals surface area contributed by atoms with E-state index in [-0.39, 0.29) is 5.41 Å². The van der Waals surface area contributed by atoms with Crippen LogP contribution >= 0.6 is 0 Å². The fourth-order valence-corrected chi connectivity index (χ4v) is 1.99. The molecule has 1 heteroatoms. The fourth-order valence-electron chi connectivity index (χ4n) is 1.99. The van der Waals surface area contributed by atoms with Crippen LogP contribution in [0.2, 0.25) is 0 Å². The first-order chi connectivity index (χ1) is 7.95. The Bertz CT molecular complexity index is 347.